The summed E-state index contributed by atoms with van der Waals surface area (Å²) in [7, 11) is 1.78. The van der Waals surface area contributed by atoms with Crippen LogP contribution in [0.4, 0.5) is 0 Å². The smallest absolute Gasteiger partial charge is 0.0589 e. The maximum atomic E-state index is 5.12. The van der Waals surface area contributed by atoms with Crippen LogP contribution in [0.5, 0.6) is 0 Å². The molecule has 1 aliphatic heterocycles. The van der Waals surface area contributed by atoms with Crippen molar-refractivity contribution in [1.82, 2.24) is 10.2 Å². The van der Waals surface area contributed by atoms with Gasteiger partial charge in [0.1, 0.15) is 0 Å². The molecule has 0 aromatic carbocycles. The second kappa shape index (κ2) is 8.97. The van der Waals surface area contributed by atoms with Gasteiger partial charge in [-0.2, -0.15) is 0 Å². The summed E-state index contributed by atoms with van der Waals surface area (Å²) in [6.07, 6.45) is 6.81. The van der Waals surface area contributed by atoms with E-state index in [1.807, 2.05) is 0 Å². The number of rotatable bonds is 8. The van der Waals surface area contributed by atoms with Crippen molar-refractivity contribution < 1.29 is 4.74 Å². The van der Waals surface area contributed by atoms with Gasteiger partial charge in [-0.1, -0.05) is 13.3 Å². The zero-order chi connectivity index (χ0) is 11.6. The Hall–Kier alpha value is -0.120. The topological polar surface area (TPSA) is 24.5 Å². The molecule has 1 saturated heterocycles. The highest BCUT2D eigenvalue weighted by atomic mass is 16.5. The lowest BCUT2D eigenvalue weighted by Gasteiger charge is -2.25. The number of ether oxygens (including phenoxy) is 1. The Balaban J connectivity index is 2.02. The fourth-order valence-electron chi connectivity index (χ4n) is 2.38. The summed E-state index contributed by atoms with van der Waals surface area (Å²) in [4.78, 5) is 2.48. The highest BCUT2D eigenvalue weighted by molar-refractivity contribution is 4.72. The standard InChI is InChI=1S/C13H28N2O/c1-3-15(11-12-16-2)10-6-8-13-7-4-5-9-14-13/h13-14H,3-12H2,1-2H3. The molecule has 1 aliphatic rings. The fraction of sp³-hybridized carbons (Fsp3) is 1.00. The molecule has 1 fully saturated rings. The molecule has 1 unspecified atom stereocenters. The lowest BCUT2D eigenvalue weighted by atomic mass is 10.0. The van der Waals surface area contributed by atoms with Crippen molar-refractivity contribution in [2.75, 3.05) is 39.9 Å². The number of piperidine rings is 1. The van der Waals surface area contributed by atoms with E-state index in [0.29, 0.717) is 0 Å². The van der Waals surface area contributed by atoms with Crippen molar-refractivity contribution in [2.45, 2.75) is 45.1 Å². The molecule has 0 saturated carbocycles. The van der Waals surface area contributed by atoms with Gasteiger partial charge >= 0.3 is 0 Å². The minimum Gasteiger partial charge on any atom is -0.383 e. The molecule has 96 valence electrons. The van der Waals surface area contributed by atoms with E-state index >= 15 is 0 Å². The molecule has 0 bridgehead atoms. The predicted octanol–water partition coefficient (Wildman–Crippen LogP) is 1.88. The second-order valence-corrected chi connectivity index (χ2v) is 4.72. The number of nitrogens with one attached hydrogen (secondary N) is 1. The van der Waals surface area contributed by atoms with Crippen LogP contribution < -0.4 is 5.32 Å². The first-order valence-electron chi connectivity index (χ1n) is 6.81. The number of likely N-dealkylation sites (N-methyl/N-ethyl adjacent to an activating group) is 1. The van der Waals surface area contributed by atoms with Crippen molar-refractivity contribution in [1.29, 1.82) is 0 Å². The van der Waals surface area contributed by atoms with Gasteiger partial charge in [0.05, 0.1) is 6.61 Å². The maximum absolute atomic E-state index is 5.12. The molecule has 0 amide bonds. The SMILES string of the molecule is CCN(CCCC1CCCCN1)CCOC. The average molecular weight is 228 g/mol. The van der Waals surface area contributed by atoms with Crippen molar-refractivity contribution >= 4 is 0 Å². The molecule has 0 spiro atoms. The van der Waals surface area contributed by atoms with Crippen LogP contribution in [0.25, 0.3) is 0 Å². The first kappa shape index (κ1) is 13.9. The number of nitrogens with zero attached hydrogens (tertiary/aromatic N) is 1. The Labute approximate surface area is 101 Å². The first-order chi connectivity index (χ1) is 7.86. The second-order valence-electron chi connectivity index (χ2n) is 4.72. The zero-order valence-electron chi connectivity index (χ0n) is 11.0. The maximum Gasteiger partial charge on any atom is 0.0589 e. The summed E-state index contributed by atoms with van der Waals surface area (Å²) in [5.74, 6) is 0. The summed E-state index contributed by atoms with van der Waals surface area (Å²) < 4.78 is 5.12. The van der Waals surface area contributed by atoms with E-state index in [2.05, 4.69) is 17.1 Å². The average Bonchev–Trinajstić information content (AvgIpc) is 2.35. The van der Waals surface area contributed by atoms with E-state index < -0.39 is 0 Å². The Morgan fingerprint density at radius 1 is 1.31 bits per heavy atom. The molecule has 1 heterocycles. The summed E-state index contributed by atoms with van der Waals surface area (Å²) in [5, 5.41) is 3.61. The van der Waals surface area contributed by atoms with Gasteiger partial charge in [0.2, 0.25) is 0 Å². The summed E-state index contributed by atoms with van der Waals surface area (Å²) >= 11 is 0. The van der Waals surface area contributed by atoms with Crippen LogP contribution in [0.2, 0.25) is 0 Å². The summed E-state index contributed by atoms with van der Waals surface area (Å²) in [6.45, 7) is 7.75. The van der Waals surface area contributed by atoms with Gasteiger partial charge in [0.25, 0.3) is 0 Å². The van der Waals surface area contributed by atoms with Crippen LogP contribution in [-0.4, -0.2) is 50.8 Å². The Bertz CT molecular complexity index is 158. The molecule has 16 heavy (non-hydrogen) atoms. The van der Waals surface area contributed by atoms with Gasteiger partial charge in [-0.05, 0) is 45.3 Å². The molecule has 0 aromatic heterocycles. The summed E-state index contributed by atoms with van der Waals surface area (Å²) in [6, 6.07) is 0.787. The van der Waals surface area contributed by atoms with Gasteiger partial charge in [-0.3, -0.25) is 0 Å². The van der Waals surface area contributed by atoms with Gasteiger partial charge in [0, 0.05) is 19.7 Å². The van der Waals surface area contributed by atoms with Gasteiger partial charge in [0.15, 0.2) is 0 Å². The molecule has 0 aliphatic carbocycles. The molecular weight excluding hydrogens is 200 g/mol. The van der Waals surface area contributed by atoms with Crippen LogP contribution in [0.15, 0.2) is 0 Å². The number of hydrogen-bond acceptors (Lipinski definition) is 3. The fourth-order valence-corrected chi connectivity index (χ4v) is 2.38. The van der Waals surface area contributed by atoms with Crippen LogP contribution in [0, 0.1) is 0 Å². The number of methoxy groups -OCH3 is 1. The van der Waals surface area contributed by atoms with Gasteiger partial charge < -0.3 is 15.0 Å². The van der Waals surface area contributed by atoms with Gasteiger partial charge in [-0.15, -0.1) is 0 Å². The molecule has 0 aromatic rings. The van der Waals surface area contributed by atoms with Crippen LogP contribution in [-0.2, 0) is 4.74 Å². The normalized spacial score (nSPS) is 21.6. The highest BCUT2D eigenvalue weighted by Gasteiger charge is 2.12. The lowest BCUT2D eigenvalue weighted by Crippen LogP contribution is -2.35. The molecule has 1 atom stereocenters. The Kier molecular flexibility index (Phi) is 7.81. The van der Waals surface area contributed by atoms with E-state index in [4.69, 9.17) is 4.74 Å². The molecule has 1 N–H and O–H groups in total. The van der Waals surface area contributed by atoms with Crippen molar-refractivity contribution in [3.05, 3.63) is 0 Å². The first-order valence-corrected chi connectivity index (χ1v) is 6.81. The number of hydrogen-bond donors (Lipinski definition) is 1. The quantitative estimate of drug-likeness (QED) is 0.686. The third-order valence-electron chi connectivity index (χ3n) is 3.50. The molecule has 3 nitrogen and oxygen atoms in total. The van der Waals surface area contributed by atoms with E-state index in [9.17, 15) is 0 Å². The molecule has 3 heteroatoms. The van der Waals surface area contributed by atoms with Crippen molar-refractivity contribution in [2.24, 2.45) is 0 Å². The molecular formula is C13H28N2O. The van der Waals surface area contributed by atoms with E-state index in [1.165, 1.54) is 45.2 Å². The summed E-state index contributed by atoms with van der Waals surface area (Å²) in [5.41, 5.74) is 0. The minimum absolute atomic E-state index is 0.787. The largest absolute Gasteiger partial charge is 0.383 e. The van der Waals surface area contributed by atoms with E-state index in [1.54, 1.807) is 7.11 Å². The third-order valence-corrected chi connectivity index (χ3v) is 3.50. The predicted molar refractivity (Wildman–Crippen MR) is 68.9 cm³/mol. The van der Waals surface area contributed by atoms with Gasteiger partial charge in [-0.25, -0.2) is 0 Å². The Morgan fingerprint density at radius 3 is 2.81 bits per heavy atom. The minimum atomic E-state index is 0.787. The van der Waals surface area contributed by atoms with E-state index in [0.717, 1.165) is 25.7 Å². The molecule has 0 radical (unpaired) electrons. The lowest BCUT2D eigenvalue weighted by molar-refractivity contribution is 0.148. The molecule has 1 rings (SSSR count). The van der Waals surface area contributed by atoms with Crippen LogP contribution in [0.1, 0.15) is 39.0 Å². The van der Waals surface area contributed by atoms with Crippen LogP contribution in [0.3, 0.4) is 0 Å². The van der Waals surface area contributed by atoms with Crippen molar-refractivity contribution in [3.63, 3.8) is 0 Å². The van der Waals surface area contributed by atoms with Crippen LogP contribution >= 0.6 is 0 Å². The highest BCUT2D eigenvalue weighted by Crippen LogP contribution is 2.11. The monoisotopic (exact) mass is 228 g/mol. The third kappa shape index (κ3) is 5.83. The zero-order valence-corrected chi connectivity index (χ0v) is 11.0. The van der Waals surface area contributed by atoms with Crippen molar-refractivity contribution in [3.8, 4) is 0 Å². The van der Waals surface area contributed by atoms with E-state index in [-0.39, 0.29) is 0 Å². The Morgan fingerprint density at radius 2 is 2.19 bits per heavy atom.